The first kappa shape index (κ1) is 22.0. The number of aryl methyl sites for hydroxylation is 2. The Labute approximate surface area is 188 Å². The van der Waals surface area contributed by atoms with Crippen LogP contribution in [0.1, 0.15) is 32.9 Å². The van der Waals surface area contributed by atoms with Gasteiger partial charge in [-0.15, -0.1) is 0 Å². The van der Waals surface area contributed by atoms with Gasteiger partial charge in [-0.3, -0.25) is 20.4 Å². The third kappa shape index (κ3) is 6.67. The molecule has 30 heavy (non-hydrogen) atoms. The maximum absolute atomic E-state index is 12.3. The van der Waals surface area contributed by atoms with Crippen LogP contribution in [-0.4, -0.2) is 21.8 Å². The number of nitrogens with one attached hydrogen (secondary N) is 2. The lowest BCUT2D eigenvalue weighted by Crippen LogP contribution is -2.42. The Morgan fingerprint density at radius 3 is 2.13 bits per heavy atom. The molecule has 0 saturated heterocycles. The van der Waals surface area contributed by atoms with Crippen molar-refractivity contribution in [2.45, 2.75) is 31.2 Å². The molecule has 0 saturated carbocycles. The normalized spacial score (nSPS) is 10.5. The van der Waals surface area contributed by atoms with Gasteiger partial charge < -0.3 is 0 Å². The van der Waals surface area contributed by atoms with E-state index in [4.69, 9.17) is 0 Å². The maximum atomic E-state index is 12.3. The van der Waals surface area contributed by atoms with Gasteiger partial charge in [-0.1, -0.05) is 52.0 Å². The number of hydrogen-bond donors (Lipinski definition) is 2. The van der Waals surface area contributed by atoms with Crippen LogP contribution in [0.15, 0.2) is 64.2 Å². The predicted molar refractivity (Wildman–Crippen MR) is 121 cm³/mol. The summed E-state index contributed by atoms with van der Waals surface area (Å²) in [5.74, 6) is 0.0532. The van der Waals surface area contributed by atoms with Gasteiger partial charge in [-0.2, -0.15) is 0 Å². The van der Waals surface area contributed by atoms with Crippen molar-refractivity contribution in [1.82, 2.24) is 20.8 Å². The molecule has 1 heterocycles. The summed E-state index contributed by atoms with van der Waals surface area (Å²) in [5.41, 5.74) is 9.16. The molecule has 3 rings (SSSR count). The fraction of sp³-hybridized carbons (Fsp3) is 0.182. The van der Waals surface area contributed by atoms with Gasteiger partial charge in [0.25, 0.3) is 5.91 Å². The zero-order chi connectivity index (χ0) is 21.5. The van der Waals surface area contributed by atoms with E-state index in [-0.39, 0.29) is 18.2 Å². The van der Waals surface area contributed by atoms with Crippen molar-refractivity contribution in [3.63, 3.8) is 0 Å². The summed E-state index contributed by atoms with van der Waals surface area (Å²) >= 11 is 4.90. The molecule has 0 aliphatic carbocycles. The third-order valence-corrected chi connectivity index (χ3v) is 5.59. The summed E-state index contributed by atoms with van der Waals surface area (Å²) < 4.78 is 0.948. The molecule has 0 aliphatic rings. The van der Waals surface area contributed by atoms with Gasteiger partial charge in [-0.25, -0.2) is 9.97 Å². The molecule has 0 atom stereocenters. The number of hydrogen-bond acceptors (Lipinski definition) is 5. The molecular formula is C22H21BrN4O2S. The van der Waals surface area contributed by atoms with Crippen molar-refractivity contribution in [3.05, 3.63) is 87.1 Å². The van der Waals surface area contributed by atoms with Gasteiger partial charge in [0.1, 0.15) is 0 Å². The first-order valence-electron chi connectivity index (χ1n) is 9.27. The second-order valence-electron chi connectivity index (χ2n) is 6.72. The Bertz CT molecular complexity index is 1020. The zero-order valence-corrected chi connectivity index (χ0v) is 19.0. The molecule has 3 aromatic rings. The first-order valence-corrected chi connectivity index (χ1v) is 11.0. The number of carbonyl (C=O) groups excluding carboxylic acids is 2. The molecule has 154 valence electrons. The quantitative estimate of drug-likeness (QED) is 0.311. The van der Waals surface area contributed by atoms with E-state index in [1.54, 1.807) is 23.9 Å². The number of nitrogens with zero attached hydrogens (tertiary/aromatic N) is 2. The van der Waals surface area contributed by atoms with E-state index in [1.165, 1.54) is 0 Å². The summed E-state index contributed by atoms with van der Waals surface area (Å²) in [7, 11) is 0. The summed E-state index contributed by atoms with van der Waals surface area (Å²) in [6.07, 6.45) is 0.185. The summed E-state index contributed by atoms with van der Waals surface area (Å²) in [4.78, 5) is 33.1. The highest BCUT2D eigenvalue weighted by Crippen LogP contribution is 2.20. The molecule has 0 bridgehead atoms. The minimum Gasteiger partial charge on any atom is -0.273 e. The lowest BCUT2D eigenvalue weighted by molar-refractivity contribution is -0.121. The Morgan fingerprint density at radius 1 is 0.900 bits per heavy atom. The molecule has 2 N–H and O–H groups in total. The number of aromatic nitrogens is 2. The lowest BCUT2D eigenvalue weighted by Gasteiger charge is -2.08. The average Bonchev–Trinajstić information content (AvgIpc) is 2.72. The van der Waals surface area contributed by atoms with Crippen LogP contribution in [0.3, 0.4) is 0 Å². The number of hydrazine groups is 1. The smallest absolute Gasteiger partial charge is 0.269 e. The lowest BCUT2D eigenvalue weighted by atomic mass is 10.1. The number of benzene rings is 2. The molecule has 0 unspecified atom stereocenters. The minimum absolute atomic E-state index is 0.185. The number of thioether (sulfide) groups is 1. The van der Waals surface area contributed by atoms with Crippen molar-refractivity contribution in [3.8, 4) is 0 Å². The Hall–Kier alpha value is -2.71. The zero-order valence-electron chi connectivity index (χ0n) is 16.6. The molecule has 8 heteroatoms. The summed E-state index contributed by atoms with van der Waals surface area (Å²) in [6.45, 7) is 3.90. The average molecular weight is 485 g/mol. The SMILES string of the molecule is Cc1cc(C)nc(SCc2ccc(C(=O)NNC(=O)Cc3ccc(Br)cc3)cc2)n1. The van der Waals surface area contributed by atoms with Crippen LogP contribution in [0.4, 0.5) is 0 Å². The molecule has 0 fully saturated rings. The maximum Gasteiger partial charge on any atom is 0.269 e. The van der Waals surface area contributed by atoms with Gasteiger partial charge in [0.2, 0.25) is 5.91 Å². The van der Waals surface area contributed by atoms with Gasteiger partial charge in [0, 0.05) is 27.2 Å². The van der Waals surface area contributed by atoms with E-state index in [1.807, 2.05) is 56.3 Å². The van der Waals surface area contributed by atoms with Crippen molar-refractivity contribution in [2.75, 3.05) is 0 Å². The Morgan fingerprint density at radius 2 is 1.50 bits per heavy atom. The number of amides is 2. The van der Waals surface area contributed by atoms with E-state index in [0.29, 0.717) is 11.3 Å². The second kappa shape index (κ2) is 10.4. The molecule has 0 aliphatic heterocycles. The van der Waals surface area contributed by atoms with E-state index < -0.39 is 0 Å². The van der Waals surface area contributed by atoms with Crippen LogP contribution in [0.5, 0.6) is 0 Å². The Balaban J connectivity index is 1.48. The van der Waals surface area contributed by atoms with E-state index in [0.717, 1.165) is 32.1 Å². The highest BCUT2D eigenvalue weighted by atomic mass is 79.9. The second-order valence-corrected chi connectivity index (χ2v) is 8.58. The summed E-state index contributed by atoms with van der Waals surface area (Å²) in [6, 6.07) is 16.6. The minimum atomic E-state index is -0.365. The molecule has 0 spiro atoms. The number of rotatable bonds is 6. The largest absolute Gasteiger partial charge is 0.273 e. The molecule has 2 aromatic carbocycles. The summed E-state index contributed by atoms with van der Waals surface area (Å²) in [5, 5.41) is 0.739. The predicted octanol–water partition coefficient (Wildman–Crippen LogP) is 4.15. The van der Waals surface area contributed by atoms with Crippen LogP contribution in [-0.2, 0) is 17.0 Å². The van der Waals surface area contributed by atoms with Crippen LogP contribution < -0.4 is 10.9 Å². The van der Waals surface area contributed by atoms with Crippen molar-refractivity contribution < 1.29 is 9.59 Å². The number of carbonyl (C=O) groups is 2. The molecule has 1 aromatic heterocycles. The van der Waals surface area contributed by atoms with E-state index in [2.05, 4.69) is 36.7 Å². The molecule has 6 nitrogen and oxygen atoms in total. The molecule has 2 amide bonds. The van der Waals surface area contributed by atoms with E-state index in [9.17, 15) is 9.59 Å². The van der Waals surface area contributed by atoms with Crippen LogP contribution in [0.2, 0.25) is 0 Å². The van der Waals surface area contributed by atoms with Gasteiger partial charge >= 0.3 is 0 Å². The van der Waals surface area contributed by atoms with Gasteiger partial charge in [0.15, 0.2) is 5.16 Å². The van der Waals surface area contributed by atoms with Gasteiger partial charge in [0.05, 0.1) is 6.42 Å². The van der Waals surface area contributed by atoms with E-state index >= 15 is 0 Å². The molecular weight excluding hydrogens is 464 g/mol. The fourth-order valence-electron chi connectivity index (χ4n) is 2.69. The van der Waals surface area contributed by atoms with Gasteiger partial charge in [-0.05, 0) is 55.3 Å². The van der Waals surface area contributed by atoms with Crippen LogP contribution in [0.25, 0.3) is 0 Å². The standard InChI is InChI=1S/C22H21BrN4O2S/c1-14-11-15(2)25-22(24-14)30-13-17-3-7-18(8-4-17)21(29)27-26-20(28)12-16-5-9-19(23)10-6-16/h3-11H,12-13H2,1-2H3,(H,26,28)(H,27,29). The third-order valence-electron chi connectivity index (χ3n) is 4.14. The highest BCUT2D eigenvalue weighted by molar-refractivity contribution is 9.10. The van der Waals surface area contributed by atoms with Crippen LogP contribution >= 0.6 is 27.7 Å². The topological polar surface area (TPSA) is 84.0 Å². The van der Waals surface area contributed by atoms with Crippen LogP contribution in [0, 0.1) is 13.8 Å². The first-order chi connectivity index (χ1) is 14.4. The number of halogens is 1. The molecule has 0 radical (unpaired) electrons. The van der Waals surface area contributed by atoms with Crippen molar-refractivity contribution in [2.24, 2.45) is 0 Å². The Kier molecular flexibility index (Phi) is 7.59. The van der Waals surface area contributed by atoms with Crippen molar-refractivity contribution >= 4 is 39.5 Å². The van der Waals surface area contributed by atoms with Crippen molar-refractivity contribution in [1.29, 1.82) is 0 Å². The monoisotopic (exact) mass is 484 g/mol. The highest BCUT2D eigenvalue weighted by Gasteiger charge is 2.09. The fourth-order valence-corrected chi connectivity index (χ4v) is 3.86.